The van der Waals surface area contributed by atoms with Crippen LogP contribution in [0.3, 0.4) is 0 Å². The van der Waals surface area contributed by atoms with Gasteiger partial charge >= 0.3 is 0 Å². The Balaban J connectivity index is 2.02. The third-order valence-corrected chi connectivity index (χ3v) is 4.09. The lowest BCUT2D eigenvalue weighted by Gasteiger charge is -2.39. The lowest BCUT2D eigenvalue weighted by molar-refractivity contribution is -0.291. The normalized spacial score (nSPS) is 26.5. The first kappa shape index (κ1) is 18.3. The highest BCUT2D eigenvalue weighted by Gasteiger charge is 2.37. The van der Waals surface area contributed by atoms with Crippen LogP contribution in [0.1, 0.15) is 38.8 Å². The summed E-state index contributed by atoms with van der Waals surface area (Å²) in [6, 6.07) is 5.32. The Labute approximate surface area is 137 Å². The Kier molecular flexibility index (Phi) is 6.53. The van der Waals surface area contributed by atoms with Gasteiger partial charge in [-0.1, -0.05) is 39.0 Å². The summed E-state index contributed by atoms with van der Waals surface area (Å²) in [6.07, 6.45) is -1.29. The summed E-state index contributed by atoms with van der Waals surface area (Å²) < 4.78 is 31.5. The SMILES string of the molecule is CCc1cccc(CO[C@@H]2CO[C@H](C(C)C)O[C@@H]2C(C)O)c1F. The van der Waals surface area contributed by atoms with Crippen molar-refractivity contribution in [2.45, 2.75) is 65.3 Å². The predicted molar refractivity (Wildman–Crippen MR) is 85.5 cm³/mol. The van der Waals surface area contributed by atoms with Gasteiger partial charge in [0.1, 0.15) is 18.0 Å². The van der Waals surface area contributed by atoms with Crippen LogP contribution < -0.4 is 0 Å². The Hall–Kier alpha value is -1.01. The molecule has 130 valence electrons. The molecule has 4 atom stereocenters. The zero-order chi connectivity index (χ0) is 17.0. The molecule has 1 fully saturated rings. The number of aliphatic hydroxyl groups is 1. The quantitative estimate of drug-likeness (QED) is 0.873. The number of hydrogen-bond donors (Lipinski definition) is 1. The van der Waals surface area contributed by atoms with Gasteiger partial charge in [-0.05, 0) is 18.9 Å². The highest BCUT2D eigenvalue weighted by molar-refractivity contribution is 5.25. The zero-order valence-electron chi connectivity index (χ0n) is 14.3. The fraction of sp³-hybridized carbons (Fsp3) is 0.667. The van der Waals surface area contributed by atoms with Crippen molar-refractivity contribution in [2.24, 2.45) is 5.92 Å². The van der Waals surface area contributed by atoms with Crippen molar-refractivity contribution in [3.05, 3.63) is 35.1 Å². The molecule has 0 spiro atoms. The maximum Gasteiger partial charge on any atom is 0.160 e. The molecular weight excluding hydrogens is 299 g/mol. The average molecular weight is 326 g/mol. The second-order valence-electron chi connectivity index (χ2n) is 6.38. The van der Waals surface area contributed by atoms with Crippen LogP contribution in [-0.2, 0) is 27.2 Å². The summed E-state index contributed by atoms with van der Waals surface area (Å²) in [5, 5.41) is 9.95. The minimum atomic E-state index is -0.683. The lowest BCUT2D eigenvalue weighted by Crippen LogP contribution is -2.51. The smallest absolute Gasteiger partial charge is 0.160 e. The number of ether oxygens (including phenoxy) is 3. The number of rotatable bonds is 6. The van der Waals surface area contributed by atoms with E-state index in [0.29, 0.717) is 24.2 Å². The molecule has 0 aromatic heterocycles. The topological polar surface area (TPSA) is 47.9 Å². The summed E-state index contributed by atoms with van der Waals surface area (Å²) in [4.78, 5) is 0. The molecule has 0 bridgehead atoms. The summed E-state index contributed by atoms with van der Waals surface area (Å²) in [5.74, 6) is -0.0304. The highest BCUT2D eigenvalue weighted by atomic mass is 19.1. The minimum Gasteiger partial charge on any atom is -0.391 e. The van der Waals surface area contributed by atoms with Crippen molar-refractivity contribution in [2.75, 3.05) is 6.61 Å². The molecule has 1 saturated heterocycles. The third-order valence-electron chi connectivity index (χ3n) is 4.09. The maximum atomic E-state index is 14.3. The van der Waals surface area contributed by atoms with Crippen LogP contribution in [0.25, 0.3) is 0 Å². The van der Waals surface area contributed by atoms with Crippen LogP contribution in [0.5, 0.6) is 0 Å². The standard InChI is InChI=1S/C18H27FO4/c1-5-13-7-6-8-14(16(13)19)9-21-15-10-22-18(11(2)3)23-17(15)12(4)20/h6-8,11-12,15,17-18,20H,5,9-10H2,1-4H3/t12?,15-,17-,18+/m1/s1. The van der Waals surface area contributed by atoms with E-state index < -0.39 is 18.3 Å². The van der Waals surface area contributed by atoms with Crippen molar-refractivity contribution in [3.63, 3.8) is 0 Å². The van der Waals surface area contributed by atoms with Gasteiger partial charge < -0.3 is 19.3 Å². The number of benzene rings is 1. The van der Waals surface area contributed by atoms with Crippen molar-refractivity contribution >= 4 is 0 Å². The van der Waals surface area contributed by atoms with Gasteiger partial charge in [-0.2, -0.15) is 0 Å². The Bertz CT molecular complexity index is 504. The molecule has 0 radical (unpaired) electrons. The van der Waals surface area contributed by atoms with Gasteiger partial charge in [0.15, 0.2) is 6.29 Å². The van der Waals surface area contributed by atoms with Crippen molar-refractivity contribution in [3.8, 4) is 0 Å². The number of halogens is 1. The van der Waals surface area contributed by atoms with Crippen LogP contribution in [0, 0.1) is 11.7 Å². The van der Waals surface area contributed by atoms with E-state index in [2.05, 4.69) is 0 Å². The molecule has 0 aliphatic carbocycles. The fourth-order valence-corrected chi connectivity index (χ4v) is 2.70. The monoisotopic (exact) mass is 326 g/mol. The molecule has 1 N–H and O–H groups in total. The third kappa shape index (κ3) is 4.51. The summed E-state index contributed by atoms with van der Waals surface area (Å²) in [6.45, 7) is 8.04. The van der Waals surface area contributed by atoms with Gasteiger partial charge in [0.2, 0.25) is 0 Å². The molecule has 0 amide bonds. The van der Waals surface area contributed by atoms with Gasteiger partial charge in [0.25, 0.3) is 0 Å². The highest BCUT2D eigenvalue weighted by Crippen LogP contribution is 2.24. The van der Waals surface area contributed by atoms with Crippen molar-refractivity contribution in [1.29, 1.82) is 0 Å². The Morgan fingerprint density at radius 1 is 1.30 bits per heavy atom. The molecule has 1 aromatic rings. The van der Waals surface area contributed by atoms with Gasteiger partial charge in [-0.25, -0.2) is 4.39 Å². The van der Waals surface area contributed by atoms with Gasteiger partial charge in [-0.15, -0.1) is 0 Å². The molecule has 1 aliphatic heterocycles. The van der Waals surface area contributed by atoms with E-state index in [1.807, 2.05) is 26.8 Å². The zero-order valence-corrected chi connectivity index (χ0v) is 14.3. The number of aryl methyl sites for hydroxylation is 1. The first-order valence-electron chi connectivity index (χ1n) is 8.27. The Morgan fingerprint density at radius 3 is 2.61 bits per heavy atom. The van der Waals surface area contributed by atoms with Crippen molar-refractivity contribution in [1.82, 2.24) is 0 Å². The van der Waals surface area contributed by atoms with Crippen LogP contribution in [0.2, 0.25) is 0 Å². The van der Waals surface area contributed by atoms with E-state index in [0.717, 1.165) is 0 Å². The molecular formula is C18H27FO4. The van der Waals surface area contributed by atoms with Crippen molar-refractivity contribution < 1.29 is 23.7 Å². The van der Waals surface area contributed by atoms with E-state index in [4.69, 9.17) is 14.2 Å². The molecule has 1 heterocycles. The van der Waals surface area contributed by atoms with Crippen LogP contribution in [0.15, 0.2) is 18.2 Å². The molecule has 4 nitrogen and oxygen atoms in total. The van der Waals surface area contributed by atoms with Gasteiger partial charge in [0, 0.05) is 11.5 Å². The molecule has 5 heteroatoms. The van der Waals surface area contributed by atoms with E-state index in [1.165, 1.54) is 0 Å². The molecule has 0 saturated carbocycles. The molecule has 1 aliphatic rings. The van der Waals surface area contributed by atoms with Gasteiger partial charge in [-0.3, -0.25) is 0 Å². The summed E-state index contributed by atoms with van der Waals surface area (Å²) in [7, 11) is 0. The first-order chi connectivity index (χ1) is 10.9. The van der Waals surface area contributed by atoms with E-state index in [-0.39, 0.29) is 24.6 Å². The summed E-state index contributed by atoms with van der Waals surface area (Å²) >= 11 is 0. The van der Waals surface area contributed by atoms with Gasteiger partial charge in [0.05, 0.1) is 19.3 Å². The molecule has 1 unspecified atom stereocenters. The summed E-state index contributed by atoms with van der Waals surface area (Å²) in [5.41, 5.74) is 1.19. The second-order valence-corrected chi connectivity index (χ2v) is 6.38. The number of aliphatic hydroxyl groups excluding tert-OH is 1. The van der Waals surface area contributed by atoms with E-state index in [9.17, 15) is 9.50 Å². The maximum absolute atomic E-state index is 14.3. The minimum absolute atomic E-state index is 0.132. The van der Waals surface area contributed by atoms with E-state index >= 15 is 0 Å². The fourth-order valence-electron chi connectivity index (χ4n) is 2.70. The molecule has 1 aromatic carbocycles. The van der Waals surface area contributed by atoms with Crippen LogP contribution in [0.4, 0.5) is 4.39 Å². The first-order valence-corrected chi connectivity index (χ1v) is 8.27. The lowest BCUT2D eigenvalue weighted by atomic mass is 10.1. The Morgan fingerprint density at radius 2 is 2.00 bits per heavy atom. The van der Waals surface area contributed by atoms with Crippen LogP contribution in [-0.4, -0.2) is 36.3 Å². The molecule has 23 heavy (non-hydrogen) atoms. The predicted octanol–water partition coefficient (Wildman–Crippen LogP) is 3.05. The van der Waals surface area contributed by atoms with E-state index in [1.54, 1.807) is 19.1 Å². The number of hydrogen-bond acceptors (Lipinski definition) is 4. The second kappa shape index (κ2) is 8.20. The molecule has 2 rings (SSSR count). The average Bonchev–Trinajstić information content (AvgIpc) is 2.53. The van der Waals surface area contributed by atoms with Crippen LogP contribution >= 0.6 is 0 Å². The largest absolute Gasteiger partial charge is 0.391 e.